The number of rotatable bonds is 6. The minimum atomic E-state index is -0.236. The van der Waals surface area contributed by atoms with Crippen LogP contribution in [0.2, 0.25) is 0 Å². The molecule has 0 N–H and O–H groups in total. The van der Waals surface area contributed by atoms with Crippen molar-refractivity contribution in [2.45, 2.75) is 38.5 Å². The molecule has 83 heavy (non-hydrogen) atoms. The normalized spacial score (nSPS) is 13.6. The third-order valence-electron chi connectivity index (χ3n) is 16.7. The van der Waals surface area contributed by atoms with Gasteiger partial charge in [-0.15, -0.1) is 46.8 Å². The molecule has 0 saturated carbocycles. The molecule has 0 unspecified atom stereocenters. The number of hydrogen-bond donors (Lipinski definition) is 0. The van der Waals surface area contributed by atoms with Crippen LogP contribution in [-0.2, 0) is 31.3 Å². The SMILES string of the molecule is CC1(C)c2cc3c4ccccc4n(-c4ccccn4)c3[c-]c2N(c2[c-]c(-c3ccccn3)ccc2)c2ccccc21.CC1(C)c2ccccc2N(c2cccc(-c3ccccn3)c2)c2cc3c(cc21)c1ccccc1n3-c1ccccn1.[Pd+2]. The smallest absolute Gasteiger partial charge is 0.352 e. The summed E-state index contributed by atoms with van der Waals surface area (Å²) in [5.74, 6) is 1.79. The summed E-state index contributed by atoms with van der Waals surface area (Å²) in [4.78, 5) is 23.4. The van der Waals surface area contributed by atoms with Crippen molar-refractivity contribution in [3.05, 3.63) is 290 Å². The van der Waals surface area contributed by atoms with Gasteiger partial charge in [-0.2, -0.15) is 6.07 Å². The summed E-state index contributed by atoms with van der Waals surface area (Å²) in [7, 11) is 0. The summed E-state index contributed by atoms with van der Waals surface area (Å²) in [6.45, 7) is 9.31. The number of nitrogens with zero attached hydrogens (tertiary/aromatic N) is 8. The van der Waals surface area contributed by atoms with E-state index < -0.39 is 0 Å². The Kier molecular flexibility index (Phi) is 12.6. The number of pyridine rings is 4. The van der Waals surface area contributed by atoms with E-state index >= 15 is 0 Å². The van der Waals surface area contributed by atoms with Crippen LogP contribution in [-0.4, -0.2) is 29.1 Å². The maximum Gasteiger partial charge on any atom is 2.00 e. The third-order valence-corrected chi connectivity index (χ3v) is 16.7. The standard InChI is InChI=1S/C37H28N4.C37H26N4.Pd/c2*1-37(2)29-15-4-6-18-33(29)40(26-13-11-12-25(22-26)31-16-7-9-20-38-31)35-24-34-28(23-30(35)37)27-14-3-5-17-32(27)41(34)36-19-8-10-21-39-36;/h3-24H,1-2H3;3-21,23H,1-2H3;/q;-2;+2. The Labute approximate surface area is 496 Å². The van der Waals surface area contributed by atoms with Crippen molar-refractivity contribution in [3.8, 4) is 34.2 Å². The molecule has 6 aromatic heterocycles. The van der Waals surface area contributed by atoms with Gasteiger partial charge in [-0.1, -0.05) is 154 Å². The van der Waals surface area contributed by atoms with Gasteiger partial charge in [0.1, 0.15) is 11.6 Å². The molecule has 16 rings (SSSR count). The van der Waals surface area contributed by atoms with Gasteiger partial charge in [-0.05, 0) is 130 Å². The molecular formula is C74H54N8Pd. The molecule has 0 spiro atoms. The Bertz CT molecular complexity index is 4460. The summed E-state index contributed by atoms with van der Waals surface area (Å²) in [5, 5.41) is 4.83. The van der Waals surface area contributed by atoms with Gasteiger partial charge >= 0.3 is 20.4 Å². The van der Waals surface area contributed by atoms with E-state index in [1.54, 1.807) is 0 Å². The van der Waals surface area contributed by atoms with Crippen LogP contribution in [0.5, 0.6) is 0 Å². The molecule has 0 fully saturated rings. The average molecular weight is 1160 g/mol. The molecule has 0 aliphatic carbocycles. The van der Waals surface area contributed by atoms with Crippen LogP contribution in [0.15, 0.2) is 255 Å². The van der Waals surface area contributed by atoms with E-state index in [0.717, 1.165) is 79.0 Å². The van der Waals surface area contributed by atoms with Gasteiger partial charge in [0.05, 0.1) is 28.1 Å². The minimum absolute atomic E-state index is 0. The zero-order valence-electron chi connectivity index (χ0n) is 46.1. The van der Waals surface area contributed by atoms with Crippen molar-refractivity contribution in [3.63, 3.8) is 0 Å². The van der Waals surface area contributed by atoms with E-state index in [0.29, 0.717) is 0 Å². The first-order valence-electron chi connectivity index (χ1n) is 27.9. The number of para-hydroxylation sites is 4. The molecule has 400 valence electrons. The molecule has 8 heterocycles. The average Bonchev–Trinajstić information content (AvgIpc) is 2.53. The second-order valence-corrected chi connectivity index (χ2v) is 22.1. The molecule has 8 nitrogen and oxygen atoms in total. The first-order valence-corrected chi connectivity index (χ1v) is 27.9. The number of benzene rings is 8. The van der Waals surface area contributed by atoms with Crippen LogP contribution in [0.3, 0.4) is 0 Å². The predicted molar refractivity (Wildman–Crippen MR) is 335 cm³/mol. The molecule has 9 heteroatoms. The number of aromatic nitrogens is 6. The molecule has 0 radical (unpaired) electrons. The van der Waals surface area contributed by atoms with E-state index in [1.165, 1.54) is 55.2 Å². The summed E-state index contributed by atoms with van der Waals surface area (Å²) >= 11 is 0. The number of fused-ring (bicyclic) bond motifs is 10. The van der Waals surface area contributed by atoms with Crippen LogP contribution in [0.25, 0.3) is 77.8 Å². The van der Waals surface area contributed by atoms with Crippen molar-refractivity contribution in [2.75, 3.05) is 9.80 Å². The quantitative estimate of drug-likeness (QED) is 0.122. The second-order valence-electron chi connectivity index (χ2n) is 22.1. The van der Waals surface area contributed by atoms with Gasteiger partial charge < -0.3 is 19.4 Å². The largest absolute Gasteiger partial charge is 2.00 e. The fourth-order valence-corrected chi connectivity index (χ4v) is 12.8. The Morgan fingerprint density at radius 2 is 0.904 bits per heavy atom. The maximum atomic E-state index is 4.76. The summed E-state index contributed by atoms with van der Waals surface area (Å²) in [6, 6.07) is 88.6. The Hall–Kier alpha value is -9.78. The van der Waals surface area contributed by atoms with E-state index in [1.807, 2.05) is 73.3 Å². The molecule has 8 aromatic carbocycles. The van der Waals surface area contributed by atoms with Crippen molar-refractivity contribution in [1.29, 1.82) is 0 Å². The van der Waals surface area contributed by atoms with Crippen molar-refractivity contribution in [2.24, 2.45) is 0 Å². The molecule has 0 saturated heterocycles. The van der Waals surface area contributed by atoms with Crippen LogP contribution < -0.4 is 9.80 Å². The van der Waals surface area contributed by atoms with Crippen LogP contribution in [0.4, 0.5) is 34.1 Å². The van der Waals surface area contributed by atoms with E-state index in [2.05, 4.69) is 251 Å². The predicted octanol–water partition coefficient (Wildman–Crippen LogP) is 18.3. The first kappa shape index (κ1) is 51.4. The summed E-state index contributed by atoms with van der Waals surface area (Å²) < 4.78 is 4.52. The molecular weight excluding hydrogens is 1110 g/mol. The van der Waals surface area contributed by atoms with E-state index in [4.69, 9.17) is 9.97 Å². The molecule has 0 bridgehead atoms. The van der Waals surface area contributed by atoms with Crippen molar-refractivity contribution >= 4 is 77.7 Å². The van der Waals surface area contributed by atoms with Gasteiger partial charge in [-0.3, -0.25) is 9.55 Å². The second kappa shape index (κ2) is 20.3. The Morgan fingerprint density at radius 1 is 0.361 bits per heavy atom. The minimum Gasteiger partial charge on any atom is -0.352 e. The first-order chi connectivity index (χ1) is 40.2. The van der Waals surface area contributed by atoms with Gasteiger partial charge in [0, 0.05) is 63.4 Å². The Morgan fingerprint density at radius 3 is 1.57 bits per heavy atom. The third kappa shape index (κ3) is 8.37. The number of anilines is 6. The molecule has 14 aromatic rings. The van der Waals surface area contributed by atoms with Gasteiger partial charge in [-0.25, -0.2) is 9.97 Å². The summed E-state index contributed by atoms with van der Waals surface area (Å²) in [6.07, 6.45) is 7.38. The van der Waals surface area contributed by atoms with Gasteiger partial charge in [0.25, 0.3) is 0 Å². The van der Waals surface area contributed by atoms with Gasteiger partial charge in [0.2, 0.25) is 0 Å². The monoisotopic (exact) mass is 1160 g/mol. The Balaban J connectivity index is 0.000000146. The van der Waals surface area contributed by atoms with Crippen LogP contribution in [0.1, 0.15) is 49.9 Å². The molecule has 0 amide bonds. The van der Waals surface area contributed by atoms with Crippen molar-refractivity contribution in [1.82, 2.24) is 29.1 Å². The number of hydrogen-bond acceptors (Lipinski definition) is 6. The maximum absolute atomic E-state index is 4.76. The molecule has 2 aliphatic heterocycles. The fraction of sp³-hybridized carbons (Fsp3) is 0.0811. The van der Waals surface area contributed by atoms with Gasteiger partial charge in [0.15, 0.2) is 0 Å². The van der Waals surface area contributed by atoms with E-state index in [-0.39, 0.29) is 31.3 Å². The van der Waals surface area contributed by atoms with Crippen molar-refractivity contribution < 1.29 is 20.4 Å². The van der Waals surface area contributed by atoms with Crippen LogP contribution >= 0.6 is 0 Å². The zero-order valence-corrected chi connectivity index (χ0v) is 47.7. The van der Waals surface area contributed by atoms with Crippen LogP contribution in [0, 0.1) is 12.1 Å². The fourth-order valence-electron chi connectivity index (χ4n) is 12.8. The molecule has 0 atom stereocenters. The zero-order chi connectivity index (χ0) is 55.1. The van der Waals surface area contributed by atoms with E-state index in [9.17, 15) is 0 Å². The molecule has 2 aliphatic rings. The topological polar surface area (TPSA) is 67.9 Å². The summed E-state index contributed by atoms with van der Waals surface area (Å²) in [5.41, 5.74) is 19.6.